The molecule has 0 bridgehead atoms. The molecule has 2 aromatic rings. The third-order valence-electron chi connectivity index (χ3n) is 3.54. The van der Waals surface area contributed by atoms with Crippen molar-refractivity contribution in [3.05, 3.63) is 40.5 Å². The van der Waals surface area contributed by atoms with E-state index in [1.165, 1.54) is 7.11 Å². The van der Waals surface area contributed by atoms with Crippen molar-refractivity contribution < 1.29 is 9.53 Å². The van der Waals surface area contributed by atoms with Crippen LogP contribution in [0.15, 0.2) is 24.3 Å². The molecule has 0 aliphatic rings. The maximum absolute atomic E-state index is 11.7. The number of carbonyl (C=O) groups is 1. The molecule has 0 atom stereocenters. The van der Waals surface area contributed by atoms with Crippen molar-refractivity contribution in [3.8, 4) is 0 Å². The Labute approximate surface area is 146 Å². The molecule has 0 fully saturated rings. The average Bonchev–Trinajstić information content (AvgIpc) is 2.57. The van der Waals surface area contributed by atoms with Gasteiger partial charge >= 0.3 is 5.97 Å². The van der Waals surface area contributed by atoms with Gasteiger partial charge in [-0.3, -0.25) is 0 Å². The largest absolute Gasteiger partial charge is 0.465 e. The number of hydrogen-bond acceptors (Lipinski definition) is 6. The van der Waals surface area contributed by atoms with Crippen LogP contribution in [0.4, 0.5) is 17.5 Å². The molecular weight excluding hydrogens is 328 g/mol. The van der Waals surface area contributed by atoms with Crippen LogP contribution in [0.2, 0.25) is 5.02 Å². The van der Waals surface area contributed by atoms with Crippen molar-refractivity contribution in [2.75, 3.05) is 30.4 Å². The minimum atomic E-state index is -0.419. The second-order valence-corrected chi connectivity index (χ2v) is 5.59. The van der Waals surface area contributed by atoms with Crippen LogP contribution in [-0.2, 0) is 4.74 Å². The number of hydrogen-bond donors (Lipinski definition) is 1. The van der Waals surface area contributed by atoms with E-state index in [9.17, 15) is 4.79 Å². The Morgan fingerprint density at radius 3 is 2.58 bits per heavy atom. The molecule has 0 saturated carbocycles. The minimum absolute atomic E-state index is 0.416. The van der Waals surface area contributed by atoms with Crippen molar-refractivity contribution in [2.45, 2.75) is 20.8 Å². The topological polar surface area (TPSA) is 67.4 Å². The van der Waals surface area contributed by atoms with E-state index in [-0.39, 0.29) is 0 Å². The van der Waals surface area contributed by atoms with Crippen LogP contribution in [0.5, 0.6) is 0 Å². The zero-order valence-electron chi connectivity index (χ0n) is 14.3. The summed E-state index contributed by atoms with van der Waals surface area (Å²) in [5.41, 5.74) is 1.84. The molecule has 0 unspecified atom stereocenters. The summed E-state index contributed by atoms with van der Waals surface area (Å²) >= 11 is 6.22. The summed E-state index contributed by atoms with van der Waals surface area (Å²) in [6.07, 6.45) is 0. The van der Waals surface area contributed by atoms with E-state index in [1.807, 2.05) is 13.0 Å². The number of carbonyl (C=O) groups excluding carboxylic acids is 1. The molecular formula is C17H21ClN4O2. The summed E-state index contributed by atoms with van der Waals surface area (Å²) in [5.74, 6) is 0.855. The predicted molar refractivity (Wildman–Crippen MR) is 96.4 cm³/mol. The van der Waals surface area contributed by atoms with Gasteiger partial charge in [-0.2, -0.15) is 4.98 Å². The van der Waals surface area contributed by atoms with E-state index < -0.39 is 5.97 Å². The lowest BCUT2D eigenvalue weighted by Gasteiger charge is -2.20. The Morgan fingerprint density at radius 2 is 1.96 bits per heavy atom. The van der Waals surface area contributed by atoms with Gasteiger partial charge in [-0.15, -0.1) is 0 Å². The van der Waals surface area contributed by atoms with Crippen molar-refractivity contribution in [1.29, 1.82) is 0 Å². The molecule has 1 N–H and O–H groups in total. The van der Waals surface area contributed by atoms with Crippen LogP contribution in [-0.4, -0.2) is 36.1 Å². The average molecular weight is 349 g/mol. The molecule has 24 heavy (non-hydrogen) atoms. The van der Waals surface area contributed by atoms with Gasteiger partial charge in [0.15, 0.2) is 0 Å². The third-order valence-corrected chi connectivity index (χ3v) is 3.87. The normalized spacial score (nSPS) is 10.4. The summed E-state index contributed by atoms with van der Waals surface area (Å²) in [6.45, 7) is 7.65. The zero-order valence-corrected chi connectivity index (χ0v) is 15.0. The van der Waals surface area contributed by atoms with Gasteiger partial charge in [0.2, 0.25) is 5.95 Å². The van der Waals surface area contributed by atoms with E-state index in [0.29, 0.717) is 28.0 Å². The fourth-order valence-electron chi connectivity index (χ4n) is 2.27. The molecule has 1 aromatic heterocycles. The lowest BCUT2D eigenvalue weighted by molar-refractivity contribution is 0.0601. The van der Waals surface area contributed by atoms with Crippen LogP contribution in [0, 0.1) is 6.92 Å². The first kappa shape index (κ1) is 18.0. The number of aromatic nitrogens is 2. The lowest BCUT2D eigenvalue weighted by Crippen LogP contribution is -2.24. The van der Waals surface area contributed by atoms with Gasteiger partial charge in [0.05, 0.1) is 23.4 Å². The quantitative estimate of drug-likeness (QED) is 0.800. The fraction of sp³-hybridized carbons (Fsp3) is 0.353. The first-order chi connectivity index (χ1) is 11.5. The van der Waals surface area contributed by atoms with Crippen molar-refractivity contribution in [3.63, 3.8) is 0 Å². The highest BCUT2D eigenvalue weighted by Crippen LogP contribution is 2.27. The Hall–Kier alpha value is -2.34. The number of nitrogens with zero attached hydrogens (tertiary/aromatic N) is 3. The molecule has 6 nitrogen and oxygen atoms in total. The van der Waals surface area contributed by atoms with Crippen LogP contribution < -0.4 is 10.2 Å². The SMILES string of the molecule is CCN(CC)c1nc(C)cc(Nc2cc(C(=O)OC)ccc2Cl)n1. The summed E-state index contributed by atoms with van der Waals surface area (Å²) in [7, 11) is 1.34. The lowest BCUT2D eigenvalue weighted by atomic mass is 10.2. The van der Waals surface area contributed by atoms with Crippen molar-refractivity contribution in [1.82, 2.24) is 9.97 Å². The van der Waals surface area contributed by atoms with Crippen LogP contribution >= 0.6 is 11.6 Å². The van der Waals surface area contributed by atoms with E-state index in [0.717, 1.165) is 18.8 Å². The van der Waals surface area contributed by atoms with Crippen LogP contribution in [0.1, 0.15) is 29.9 Å². The zero-order chi connectivity index (χ0) is 17.7. The van der Waals surface area contributed by atoms with E-state index in [2.05, 4.69) is 34.0 Å². The molecule has 128 valence electrons. The van der Waals surface area contributed by atoms with Crippen molar-refractivity contribution in [2.24, 2.45) is 0 Å². The summed E-state index contributed by atoms with van der Waals surface area (Å²) in [4.78, 5) is 22.7. The van der Waals surface area contributed by atoms with Gasteiger partial charge in [0.1, 0.15) is 5.82 Å². The molecule has 0 saturated heterocycles. The number of benzene rings is 1. The van der Waals surface area contributed by atoms with Crippen molar-refractivity contribution >= 4 is 35.0 Å². The Bertz CT molecular complexity index is 733. The molecule has 0 aliphatic carbocycles. The van der Waals surface area contributed by atoms with E-state index in [1.54, 1.807) is 18.2 Å². The summed E-state index contributed by atoms with van der Waals surface area (Å²) in [5, 5.41) is 3.65. The van der Waals surface area contributed by atoms with Gasteiger partial charge in [0.25, 0.3) is 0 Å². The molecule has 1 aromatic carbocycles. The standard InChI is InChI=1S/C17H21ClN4O2/c1-5-22(6-2)17-19-11(3)9-15(21-17)20-14-10-12(16(23)24-4)7-8-13(14)18/h7-10H,5-6H2,1-4H3,(H,19,20,21). The molecule has 0 aliphatic heterocycles. The second-order valence-electron chi connectivity index (χ2n) is 5.18. The molecule has 1 heterocycles. The highest BCUT2D eigenvalue weighted by Gasteiger charge is 2.12. The van der Waals surface area contributed by atoms with Crippen LogP contribution in [0.25, 0.3) is 0 Å². The minimum Gasteiger partial charge on any atom is -0.465 e. The number of aryl methyl sites for hydroxylation is 1. The number of esters is 1. The maximum atomic E-state index is 11.7. The van der Waals surface area contributed by atoms with Gasteiger partial charge < -0.3 is 15.0 Å². The van der Waals surface area contributed by atoms with Gasteiger partial charge in [-0.25, -0.2) is 9.78 Å². The third kappa shape index (κ3) is 4.14. The smallest absolute Gasteiger partial charge is 0.337 e. The molecule has 7 heteroatoms. The number of methoxy groups -OCH3 is 1. The number of rotatable bonds is 6. The predicted octanol–water partition coefficient (Wildman–Crippen LogP) is 3.81. The molecule has 0 spiro atoms. The number of ether oxygens (including phenoxy) is 1. The van der Waals surface area contributed by atoms with Gasteiger partial charge in [-0.05, 0) is 39.0 Å². The van der Waals surface area contributed by atoms with Gasteiger partial charge in [-0.1, -0.05) is 11.6 Å². The molecule has 0 radical (unpaired) electrons. The Balaban J connectivity index is 2.35. The van der Waals surface area contributed by atoms with E-state index in [4.69, 9.17) is 16.3 Å². The maximum Gasteiger partial charge on any atom is 0.337 e. The first-order valence-electron chi connectivity index (χ1n) is 7.74. The van der Waals surface area contributed by atoms with Gasteiger partial charge in [0, 0.05) is 24.8 Å². The van der Waals surface area contributed by atoms with Crippen LogP contribution in [0.3, 0.4) is 0 Å². The number of nitrogens with one attached hydrogen (secondary N) is 1. The monoisotopic (exact) mass is 348 g/mol. The highest BCUT2D eigenvalue weighted by atomic mass is 35.5. The van der Waals surface area contributed by atoms with E-state index >= 15 is 0 Å². The summed E-state index contributed by atoms with van der Waals surface area (Å²) in [6, 6.07) is 6.73. The number of halogens is 1. The fourth-order valence-corrected chi connectivity index (χ4v) is 2.43. The molecule has 2 rings (SSSR count). The highest BCUT2D eigenvalue weighted by molar-refractivity contribution is 6.33. The second kappa shape index (κ2) is 7.97. The summed E-state index contributed by atoms with van der Waals surface area (Å²) < 4.78 is 4.74. The molecule has 0 amide bonds. The Kier molecular flexibility index (Phi) is 5.98. The Morgan fingerprint density at radius 1 is 1.25 bits per heavy atom. The first-order valence-corrected chi connectivity index (χ1v) is 8.11. The number of anilines is 3.